The summed E-state index contributed by atoms with van der Waals surface area (Å²) in [5.41, 5.74) is 2.80. The lowest BCUT2D eigenvalue weighted by Gasteiger charge is -2.18. The van der Waals surface area contributed by atoms with Crippen LogP contribution < -0.4 is 5.56 Å². The van der Waals surface area contributed by atoms with E-state index in [0.717, 1.165) is 5.56 Å². The molecule has 5 nitrogen and oxygen atoms in total. The Morgan fingerprint density at radius 2 is 1.85 bits per heavy atom. The van der Waals surface area contributed by atoms with Gasteiger partial charge in [-0.05, 0) is 36.8 Å². The molecule has 0 aliphatic rings. The monoisotopic (exact) mass is 367 g/mol. The van der Waals surface area contributed by atoms with Gasteiger partial charge in [-0.25, -0.2) is 0 Å². The van der Waals surface area contributed by atoms with Crippen LogP contribution in [0.15, 0.2) is 53.3 Å². The number of nitrogens with zero attached hydrogens (tertiary/aromatic N) is 2. The lowest BCUT2D eigenvalue weighted by atomic mass is 10.1. The smallest absolute Gasteiger partial charge is 0.262 e. The van der Waals surface area contributed by atoms with E-state index in [1.54, 1.807) is 18.0 Å². The van der Waals surface area contributed by atoms with Gasteiger partial charge >= 0.3 is 0 Å². The van der Waals surface area contributed by atoms with Crippen molar-refractivity contribution in [2.75, 3.05) is 7.05 Å². The van der Waals surface area contributed by atoms with Crippen molar-refractivity contribution in [1.29, 1.82) is 0 Å². The number of para-hydroxylation sites is 1. The molecular formula is C20H21N3O2S. The number of aromatic nitrogens is 2. The summed E-state index contributed by atoms with van der Waals surface area (Å²) in [5.74, 6) is -0.0277. The molecule has 3 aromatic rings. The topological polar surface area (TPSA) is 58.1 Å². The Balaban J connectivity index is 1.71. The molecule has 26 heavy (non-hydrogen) atoms. The molecule has 2 aromatic carbocycles. The third-order valence-corrected chi connectivity index (χ3v) is 4.73. The summed E-state index contributed by atoms with van der Waals surface area (Å²) < 4.78 is 1.79. The van der Waals surface area contributed by atoms with Crippen LogP contribution in [0.5, 0.6) is 0 Å². The number of aromatic amines is 1. The minimum Gasteiger partial charge on any atom is -0.341 e. The second-order valence-corrected chi connectivity index (χ2v) is 6.80. The molecule has 1 aromatic heterocycles. The molecule has 0 unspecified atom stereocenters. The second kappa shape index (κ2) is 7.66. The second-order valence-electron chi connectivity index (χ2n) is 6.42. The first-order valence-corrected chi connectivity index (χ1v) is 8.88. The van der Waals surface area contributed by atoms with Crippen molar-refractivity contribution in [3.8, 4) is 0 Å². The van der Waals surface area contributed by atoms with Crippen LogP contribution in [0.3, 0.4) is 0 Å². The molecular weight excluding hydrogens is 346 g/mol. The highest BCUT2D eigenvalue weighted by Gasteiger charge is 2.12. The van der Waals surface area contributed by atoms with Crippen LogP contribution in [-0.4, -0.2) is 27.4 Å². The number of amides is 1. The summed E-state index contributed by atoms with van der Waals surface area (Å²) in [7, 11) is 1.77. The van der Waals surface area contributed by atoms with E-state index in [2.05, 4.69) is 4.98 Å². The summed E-state index contributed by atoms with van der Waals surface area (Å²) in [5, 5.41) is 0.571. The first kappa shape index (κ1) is 18.1. The number of fused-ring (bicyclic) bond motifs is 1. The van der Waals surface area contributed by atoms with Crippen molar-refractivity contribution in [1.82, 2.24) is 14.5 Å². The van der Waals surface area contributed by atoms with Gasteiger partial charge in [-0.15, -0.1) is 0 Å². The Hall–Kier alpha value is -2.73. The van der Waals surface area contributed by atoms with Gasteiger partial charge in [0.1, 0.15) is 0 Å². The van der Waals surface area contributed by atoms with E-state index in [4.69, 9.17) is 12.2 Å². The molecule has 0 fully saturated rings. The first-order chi connectivity index (χ1) is 12.5. The molecule has 0 saturated heterocycles. The van der Waals surface area contributed by atoms with E-state index in [9.17, 15) is 9.59 Å². The van der Waals surface area contributed by atoms with Gasteiger partial charge < -0.3 is 9.88 Å². The zero-order valence-electron chi connectivity index (χ0n) is 14.9. The molecule has 1 amide bonds. The Morgan fingerprint density at radius 1 is 1.15 bits per heavy atom. The number of nitrogens with one attached hydrogen (secondary N) is 1. The number of benzene rings is 2. The fourth-order valence-corrected chi connectivity index (χ4v) is 3.14. The summed E-state index contributed by atoms with van der Waals surface area (Å²) >= 11 is 5.28. The summed E-state index contributed by atoms with van der Waals surface area (Å²) in [4.78, 5) is 29.8. The average molecular weight is 367 g/mol. The maximum atomic E-state index is 12.6. The Bertz CT molecular complexity index is 1050. The third-order valence-electron chi connectivity index (χ3n) is 4.40. The van der Waals surface area contributed by atoms with Gasteiger partial charge in [-0.1, -0.05) is 42.0 Å². The Labute approximate surface area is 156 Å². The van der Waals surface area contributed by atoms with E-state index in [0.29, 0.717) is 22.2 Å². The predicted molar refractivity (Wildman–Crippen MR) is 106 cm³/mol. The zero-order valence-corrected chi connectivity index (χ0v) is 15.7. The highest BCUT2D eigenvalue weighted by Crippen LogP contribution is 2.09. The van der Waals surface area contributed by atoms with Crippen molar-refractivity contribution in [2.24, 2.45) is 0 Å². The van der Waals surface area contributed by atoms with E-state index in [1.165, 1.54) is 10.1 Å². The number of aryl methyl sites for hydroxylation is 1. The zero-order chi connectivity index (χ0) is 18.7. The molecule has 0 radical (unpaired) electrons. The number of H-pyrrole nitrogens is 1. The molecule has 0 saturated carbocycles. The van der Waals surface area contributed by atoms with Crippen molar-refractivity contribution in [3.63, 3.8) is 0 Å². The quantitative estimate of drug-likeness (QED) is 0.703. The van der Waals surface area contributed by atoms with Crippen LogP contribution in [-0.2, 0) is 17.9 Å². The highest BCUT2D eigenvalue weighted by atomic mass is 32.1. The molecule has 0 atom stereocenters. The number of carbonyl (C=O) groups is 1. The summed E-state index contributed by atoms with van der Waals surface area (Å²) in [6, 6.07) is 15.3. The minimum atomic E-state index is -0.168. The molecule has 3 rings (SSSR count). The molecule has 0 bridgehead atoms. The standard InChI is InChI=1S/C20H21N3O2S/c1-14-7-9-15(10-8-14)13-22(2)18(24)11-12-23-19(25)16-5-3-4-6-17(16)21-20(23)26/h3-10H,11-13H2,1-2H3,(H,21,26). The fourth-order valence-electron chi connectivity index (χ4n) is 2.86. The number of hydrogen-bond donors (Lipinski definition) is 1. The Kier molecular flexibility index (Phi) is 5.32. The van der Waals surface area contributed by atoms with Crippen LogP contribution in [0.1, 0.15) is 17.5 Å². The minimum absolute atomic E-state index is 0.0277. The van der Waals surface area contributed by atoms with Gasteiger partial charge in [0, 0.05) is 26.6 Å². The summed E-state index contributed by atoms with van der Waals surface area (Å²) in [6.07, 6.45) is 0.220. The van der Waals surface area contributed by atoms with Gasteiger partial charge in [0.05, 0.1) is 10.9 Å². The van der Waals surface area contributed by atoms with Crippen LogP contribution >= 0.6 is 12.2 Å². The van der Waals surface area contributed by atoms with E-state index >= 15 is 0 Å². The first-order valence-electron chi connectivity index (χ1n) is 8.47. The Morgan fingerprint density at radius 3 is 2.58 bits per heavy atom. The number of carbonyl (C=O) groups excluding carboxylic acids is 1. The van der Waals surface area contributed by atoms with E-state index in [-0.39, 0.29) is 24.4 Å². The van der Waals surface area contributed by atoms with Crippen molar-refractivity contribution in [3.05, 3.63) is 74.8 Å². The lowest BCUT2D eigenvalue weighted by molar-refractivity contribution is -0.130. The van der Waals surface area contributed by atoms with Gasteiger partial charge in [0.15, 0.2) is 4.77 Å². The van der Waals surface area contributed by atoms with Crippen LogP contribution in [0.25, 0.3) is 10.9 Å². The molecule has 0 spiro atoms. The van der Waals surface area contributed by atoms with Gasteiger partial charge in [-0.3, -0.25) is 14.2 Å². The van der Waals surface area contributed by atoms with Gasteiger partial charge in [0.25, 0.3) is 5.56 Å². The van der Waals surface area contributed by atoms with Crippen molar-refractivity contribution in [2.45, 2.75) is 26.4 Å². The van der Waals surface area contributed by atoms with Gasteiger partial charge in [-0.2, -0.15) is 0 Å². The predicted octanol–water partition coefficient (Wildman–Crippen LogP) is 3.42. The van der Waals surface area contributed by atoms with E-state index < -0.39 is 0 Å². The van der Waals surface area contributed by atoms with Crippen LogP contribution in [0.2, 0.25) is 0 Å². The lowest BCUT2D eigenvalue weighted by Crippen LogP contribution is -2.29. The van der Waals surface area contributed by atoms with E-state index in [1.807, 2.05) is 49.4 Å². The highest BCUT2D eigenvalue weighted by molar-refractivity contribution is 7.71. The molecule has 6 heteroatoms. The molecule has 0 aliphatic heterocycles. The molecule has 1 heterocycles. The van der Waals surface area contributed by atoms with Crippen molar-refractivity contribution >= 4 is 29.0 Å². The summed E-state index contributed by atoms with van der Waals surface area (Å²) in [6.45, 7) is 2.83. The molecule has 0 aliphatic carbocycles. The maximum Gasteiger partial charge on any atom is 0.262 e. The third kappa shape index (κ3) is 3.91. The number of hydrogen-bond acceptors (Lipinski definition) is 3. The largest absolute Gasteiger partial charge is 0.341 e. The molecule has 134 valence electrons. The van der Waals surface area contributed by atoms with Gasteiger partial charge in [0.2, 0.25) is 5.91 Å². The van der Waals surface area contributed by atoms with Crippen LogP contribution in [0, 0.1) is 11.7 Å². The SMILES string of the molecule is Cc1ccc(CN(C)C(=O)CCn2c(=S)[nH]c3ccccc3c2=O)cc1. The normalized spacial score (nSPS) is 10.8. The maximum absolute atomic E-state index is 12.6. The fraction of sp³-hybridized carbons (Fsp3) is 0.250. The van der Waals surface area contributed by atoms with Crippen LogP contribution in [0.4, 0.5) is 0 Å². The number of rotatable bonds is 5. The molecule has 1 N–H and O–H groups in total. The average Bonchev–Trinajstić information content (AvgIpc) is 2.63. The van der Waals surface area contributed by atoms with Crippen molar-refractivity contribution < 1.29 is 4.79 Å².